The Kier molecular flexibility index (Phi) is 8.58. The number of alkyl halides is 3. The van der Waals surface area contributed by atoms with E-state index in [4.69, 9.17) is 14.5 Å². The molecule has 1 saturated carbocycles. The van der Waals surface area contributed by atoms with Gasteiger partial charge in [0.15, 0.2) is 0 Å². The molecule has 3 heterocycles. The maximum absolute atomic E-state index is 13.2. The van der Waals surface area contributed by atoms with E-state index in [0.29, 0.717) is 29.8 Å². The minimum Gasteiger partial charge on any atom is -0.490 e. The van der Waals surface area contributed by atoms with E-state index in [2.05, 4.69) is 22.4 Å². The van der Waals surface area contributed by atoms with Gasteiger partial charge in [0.2, 0.25) is 0 Å². The Balaban J connectivity index is 1.27. The average Bonchev–Trinajstić information content (AvgIpc) is 3.36. The molecule has 5 rings (SSSR count). The largest absolute Gasteiger partial charge is 0.490 e. The first-order valence-corrected chi connectivity index (χ1v) is 13.8. The molecule has 1 fully saturated rings. The predicted octanol–water partition coefficient (Wildman–Crippen LogP) is 7.28. The smallest absolute Gasteiger partial charge is 0.433 e. The molecule has 3 aromatic heterocycles. The standard InChI is InChI=1S/C31H33F3N4O3/c1-20(2)41-26-15-29-35-25(23-13-11-22(12-14-23)19-40-18-21-7-4-3-5-8-21)17-38(29)16-24(26)30(39)37-28-10-6-9-27(36-28)31(32,33)34/h3-10,15-17,20,22-23H,11-14,18-19H2,1-2H3,(H,36,37,39). The number of ether oxygens (including phenoxy) is 2. The monoisotopic (exact) mass is 566 g/mol. The number of hydrogen-bond donors (Lipinski definition) is 1. The normalized spacial score (nSPS) is 17.6. The molecular formula is C31H33F3N4O3. The van der Waals surface area contributed by atoms with E-state index in [0.717, 1.165) is 44.1 Å². The fraction of sp³-hybridized carbons (Fsp3) is 0.387. The Morgan fingerprint density at radius 1 is 1.02 bits per heavy atom. The zero-order chi connectivity index (χ0) is 29.0. The van der Waals surface area contributed by atoms with Crippen LogP contribution in [0.15, 0.2) is 67.0 Å². The van der Waals surface area contributed by atoms with Gasteiger partial charge in [-0.25, -0.2) is 9.97 Å². The van der Waals surface area contributed by atoms with Crippen LogP contribution in [-0.4, -0.2) is 33.0 Å². The van der Waals surface area contributed by atoms with Crippen LogP contribution in [0, 0.1) is 5.92 Å². The van der Waals surface area contributed by atoms with Crippen LogP contribution < -0.4 is 10.1 Å². The van der Waals surface area contributed by atoms with Crippen LogP contribution in [0.4, 0.5) is 19.0 Å². The number of imidazole rings is 1. The third kappa shape index (κ3) is 7.24. The van der Waals surface area contributed by atoms with Gasteiger partial charge in [0.1, 0.15) is 22.9 Å². The molecule has 7 nitrogen and oxygen atoms in total. The van der Waals surface area contributed by atoms with E-state index < -0.39 is 17.8 Å². The number of halogens is 3. The lowest BCUT2D eigenvalue weighted by Gasteiger charge is -2.27. The van der Waals surface area contributed by atoms with Crippen LogP contribution >= 0.6 is 0 Å². The first-order valence-electron chi connectivity index (χ1n) is 13.8. The lowest BCUT2D eigenvalue weighted by atomic mass is 9.81. The Morgan fingerprint density at radius 2 is 1.78 bits per heavy atom. The number of carbonyl (C=O) groups excluding carboxylic acids is 1. The van der Waals surface area contributed by atoms with Crippen LogP contribution in [0.3, 0.4) is 0 Å². The van der Waals surface area contributed by atoms with Crippen molar-refractivity contribution in [2.24, 2.45) is 5.92 Å². The number of nitrogens with one attached hydrogen (secondary N) is 1. The average molecular weight is 567 g/mol. The number of aromatic nitrogens is 3. The number of benzene rings is 1. The summed E-state index contributed by atoms with van der Waals surface area (Å²) in [6.45, 7) is 5.02. The summed E-state index contributed by atoms with van der Waals surface area (Å²) in [5.74, 6) is 0.282. The number of pyridine rings is 2. The van der Waals surface area contributed by atoms with Gasteiger partial charge in [0, 0.05) is 31.0 Å². The molecule has 10 heteroatoms. The number of hydrogen-bond acceptors (Lipinski definition) is 5. The van der Waals surface area contributed by atoms with Crippen LogP contribution in [-0.2, 0) is 17.5 Å². The summed E-state index contributed by atoms with van der Waals surface area (Å²) in [4.78, 5) is 21.6. The zero-order valence-electron chi connectivity index (χ0n) is 23.0. The molecule has 0 unspecified atom stereocenters. The lowest BCUT2D eigenvalue weighted by Crippen LogP contribution is -2.18. The lowest BCUT2D eigenvalue weighted by molar-refractivity contribution is -0.141. The second-order valence-corrected chi connectivity index (χ2v) is 10.7. The molecule has 1 aromatic carbocycles. The predicted molar refractivity (Wildman–Crippen MR) is 149 cm³/mol. The molecule has 1 aliphatic rings. The molecule has 0 bridgehead atoms. The Morgan fingerprint density at radius 3 is 2.49 bits per heavy atom. The maximum Gasteiger partial charge on any atom is 0.433 e. The molecule has 0 radical (unpaired) electrons. The van der Waals surface area contributed by atoms with Crippen LogP contribution in [0.2, 0.25) is 0 Å². The van der Waals surface area contributed by atoms with E-state index in [9.17, 15) is 18.0 Å². The molecule has 4 aromatic rings. The Bertz CT molecular complexity index is 1480. The number of carbonyl (C=O) groups is 1. The highest BCUT2D eigenvalue weighted by molar-refractivity contribution is 6.05. The third-order valence-corrected chi connectivity index (χ3v) is 7.19. The van der Waals surface area contributed by atoms with Crippen LogP contribution in [0.5, 0.6) is 5.75 Å². The van der Waals surface area contributed by atoms with E-state index in [1.807, 2.05) is 38.2 Å². The summed E-state index contributed by atoms with van der Waals surface area (Å²) in [5, 5.41) is 2.48. The first-order chi connectivity index (χ1) is 19.7. The molecule has 0 atom stereocenters. The summed E-state index contributed by atoms with van der Waals surface area (Å²) in [6.07, 6.45) is 2.76. The first kappa shape index (κ1) is 28.6. The fourth-order valence-electron chi connectivity index (χ4n) is 5.14. The van der Waals surface area contributed by atoms with Gasteiger partial charge < -0.3 is 19.2 Å². The van der Waals surface area contributed by atoms with Crippen molar-refractivity contribution in [1.82, 2.24) is 14.4 Å². The van der Waals surface area contributed by atoms with Crippen molar-refractivity contribution in [2.75, 3.05) is 11.9 Å². The molecule has 0 saturated heterocycles. The van der Waals surface area contributed by atoms with Crippen molar-refractivity contribution >= 4 is 17.4 Å². The minimum absolute atomic E-state index is 0.175. The van der Waals surface area contributed by atoms with E-state index in [-0.39, 0.29) is 17.5 Å². The Labute approximate surface area is 236 Å². The molecule has 41 heavy (non-hydrogen) atoms. The molecule has 1 amide bonds. The third-order valence-electron chi connectivity index (χ3n) is 7.19. The molecule has 1 N–H and O–H groups in total. The van der Waals surface area contributed by atoms with Gasteiger partial charge in [-0.15, -0.1) is 0 Å². The summed E-state index contributed by atoms with van der Waals surface area (Å²) in [7, 11) is 0. The van der Waals surface area contributed by atoms with E-state index in [1.54, 1.807) is 16.7 Å². The quantitative estimate of drug-likeness (QED) is 0.230. The number of anilines is 1. The SMILES string of the molecule is CC(C)Oc1cc2nc(C3CCC(COCc4ccccc4)CC3)cn2cc1C(=O)Nc1cccc(C(F)(F)F)n1. The van der Waals surface area contributed by atoms with Gasteiger partial charge in [-0.2, -0.15) is 13.2 Å². The minimum atomic E-state index is -4.62. The fourth-order valence-corrected chi connectivity index (χ4v) is 5.14. The number of nitrogens with zero attached hydrogens (tertiary/aromatic N) is 3. The molecule has 216 valence electrons. The molecule has 0 spiro atoms. The number of rotatable bonds is 9. The van der Waals surface area contributed by atoms with Crippen LogP contribution in [0.1, 0.15) is 72.8 Å². The van der Waals surface area contributed by atoms with Crippen molar-refractivity contribution in [3.05, 3.63) is 89.5 Å². The molecule has 1 aliphatic carbocycles. The van der Waals surface area contributed by atoms with Gasteiger partial charge in [0.05, 0.1) is 24.0 Å². The van der Waals surface area contributed by atoms with Crippen molar-refractivity contribution in [3.8, 4) is 5.75 Å². The zero-order valence-corrected chi connectivity index (χ0v) is 23.0. The van der Waals surface area contributed by atoms with Crippen molar-refractivity contribution in [3.63, 3.8) is 0 Å². The number of amides is 1. The van der Waals surface area contributed by atoms with Gasteiger partial charge in [-0.1, -0.05) is 36.4 Å². The van der Waals surface area contributed by atoms with E-state index >= 15 is 0 Å². The van der Waals surface area contributed by atoms with Crippen molar-refractivity contribution in [2.45, 2.75) is 64.3 Å². The summed E-state index contributed by atoms with van der Waals surface area (Å²) >= 11 is 0. The molecular weight excluding hydrogens is 533 g/mol. The van der Waals surface area contributed by atoms with Gasteiger partial charge in [0.25, 0.3) is 5.91 Å². The summed E-state index contributed by atoms with van der Waals surface area (Å²) in [6, 6.07) is 15.2. The van der Waals surface area contributed by atoms with Gasteiger partial charge in [-0.05, 0) is 63.1 Å². The highest BCUT2D eigenvalue weighted by Crippen LogP contribution is 2.36. The van der Waals surface area contributed by atoms with Gasteiger partial charge in [-0.3, -0.25) is 4.79 Å². The van der Waals surface area contributed by atoms with Crippen LogP contribution in [0.25, 0.3) is 5.65 Å². The summed E-state index contributed by atoms with van der Waals surface area (Å²) in [5.41, 5.74) is 1.85. The number of fused-ring (bicyclic) bond motifs is 1. The topological polar surface area (TPSA) is 77.8 Å². The van der Waals surface area contributed by atoms with Gasteiger partial charge >= 0.3 is 6.18 Å². The van der Waals surface area contributed by atoms with Crippen molar-refractivity contribution < 1.29 is 27.4 Å². The second-order valence-electron chi connectivity index (χ2n) is 10.7. The van der Waals surface area contributed by atoms with Crippen molar-refractivity contribution in [1.29, 1.82) is 0 Å². The van der Waals surface area contributed by atoms with E-state index in [1.165, 1.54) is 17.7 Å². The highest BCUT2D eigenvalue weighted by Gasteiger charge is 2.32. The second kappa shape index (κ2) is 12.3. The maximum atomic E-state index is 13.2. The summed E-state index contributed by atoms with van der Waals surface area (Å²) < 4.78 is 52.9. The Hall–Kier alpha value is -3.92. The molecule has 0 aliphatic heterocycles. The highest BCUT2D eigenvalue weighted by atomic mass is 19.4.